The van der Waals surface area contributed by atoms with Gasteiger partial charge in [0, 0.05) is 18.8 Å². The Bertz CT molecular complexity index is 554. The third-order valence-electron chi connectivity index (χ3n) is 2.47. The zero-order valence-electron chi connectivity index (χ0n) is 11.8. The monoisotopic (exact) mass is 275 g/mol. The fourth-order valence-electron chi connectivity index (χ4n) is 1.53. The van der Waals surface area contributed by atoms with E-state index in [2.05, 4.69) is 25.3 Å². The number of methoxy groups -OCH3 is 1. The van der Waals surface area contributed by atoms with E-state index in [4.69, 9.17) is 9.47 Å². The summed E-state index contributed by atoms with van der Waals surface area (Å²) in [6.45, 7) is 2.70. The number of pyridine rings is 1. The normalized spacial score (nSPS) is 10.2. The average molecular weight is 275 g/mol. The molecule has 2 aromatic rings. The molecule has 7 nitrogen and oxygen atoms in total. The van der Waals surface area contributed by atoms with Crippen LogP contribution in [-0.2, 0) is 0 Å². The highest BCUT2D eigenvalue weighted by Crippen LogP contribution is 2.21. The quantitative estimate of drug-likeness (QED) is 0.860. The molecule has 0 spiro atoms. The molecule has 0 aliphatic carbocycles. The first-order valence-corrected chi connectivity index (χ1v) is 6.33. The van der Waals surface area contributed by atoms with Crippen molar-refractivity contribution in [1.82, 2.24) is 19.9 Å². The fourth-order valence-corrected chi connectivity index (χ4v) is 1.53. The highest BCUT2D eigenvalue weighted by molar-refractivity contribution is 5.57. The second-order valence-electron chi connectivity index (χ2n) is 3.98. The van der Waals surface area contributed by atoms with E-state index in [-0.39, 0.29) is 6.01 Å². The molecule has 2 heterocycles. The van der Waals surface area contributed by atoms with Gasteiger partial charge in [0.25, 0.3) is 0 Å². The molecule has 0 aromatic carbocycles. The summed E-state index contributed by atoms with van der Waals surface area (Å²) in [5.74, 6) is 1.61. The predicted molar refractivity (Wildman–Crippen MR) is 74.9 cm³/mol. The zero-order chi connectivity index (χ0) is 14.4. The first kappa shape index (κ1) is 14.0. The Morgan fingerprint density at radius 3 is 2.75 bits per heavy atom. The van der Waals surface area contributed by atoms with Crippen LogP contribution in [0.15, 0.2) is 18.5 Å². The number of nitrogens with zero attached hydrogens (tertiary/aromatic N) is 4. The number of hydrogen-bond acceptors (Lipinski definition) is 7. The minimum atomic E-state index is 0.249. The molecular formula is C13H17N5O2. The van der Waals surface area contributed by atoms with Crippen LogP contribution in [0.25, 0.3) is 11.4 Å². The summed E-state index contributed by atoms with van der Waals surface area (Å²) < 4.78 is 10.6. The zero-order valence-corrected chi connectivity index (χ0v) is 11.8. The van der Waals surface area contributed by atoms with Crippen LogP contribution >= 0.6 is 0 Å². The van der Waals surface area contributed by atoms with Crippen LogP contribution in [0.1, 0.15) is 13.3 Å². The smallest absolute Gasteiger partial charge is 0.321 e. The van der Waals surface area contributed by atoms with Crippen LogP contribution in [0.3, 0.4) is 0 Å². The van der Waals surface area contributed by atoms with Crippen molar-refractivity contribution >= 4 is 5.95 Å². The second kappa shape index (κ2) is 6.65. The van der Waals surface area contributed by atoms with Gasteiger partial charge in [-0.25, -0.2) is 0 Å². The van der Waals surface area contributed by atoms with Gasteiger partial charge < -0.3 is 14.8 Å². The second-order valence-corrected chi connectivity index (χ2v) is 3.98. The molecule has 0 unspecified atom stereocenters. The van der Waals surface area contributed by atoms with Crippen LogP contribution in [0, 0.1) is 0 Å². The fraction of sp³-hybridized carbons (Fsp3) is 0.385. The van der Waals surface area contributed by atoms with E-state index < -0.39 is 0 Å². The van der Waals surface area contributed by atoms with E-state index >= 15 is 0 Å². The Hall–Kier alpha value is -2.44. The summed E-state index contributed by atoms with van der Waals surface area (Å²) in [5.41, 5.74) is 0.746. The van der Waals surface area contributed by atoms with E-state index in [0.717, 1.165) is 12.0 Å². The lowest BCUT2D eigenvalue weighted by molar-refractivity contribution is 0.316. The van der Waals surface area contributed by atoms with Gasteiger partial charge in [-0.2, -0.15) is 15.0 Å². The first-order valence-electron chi connectivity index (χ1n) is 6.33. The molecule has 0 radical (unpaired) electrons. The Kier molecular flexibility index (Phi) is 4.65. The van der Waals surface area contributed by atoms with Crippen molar-refractivity contribution in [2.24, 2.45) is 0 Å². The Balaban J connectivity index is 2.34. The molecule has 1 N–H and O–H groups in total. The van der Waals surface area contributed by atoms with Gasteiger partial charge in [0.1, 0.15) is 5.75 Å². The highest BCUT2D eigenvalue weighted by atomic mass is 16.5. The van der Waals surface area contributed by atoms with Gasteiger partial charge in [-0.1, -0.05) is 6.92 Å². The minimum Gasteiger partial charge on any atom is -0.492 e. The number of aromatic nitrogens is 4. The molecule has 0 aliphatic heterocycles. The maximum absolute atomic E-state index is 5.55. The van der Waals surface area contributed by atoms with Gasteiger partial charge in [0.15, 0.2) is 5.82 Å². The molecule has 0 saturated carbocycles. The maximum atomic E-state index is 5.55. The average Bonchev–Trinajstić information content (AvgIpc) is 2.52. The van der Waals surface area contributed by atoms with Crippen molar-refractivity contribution in [1.29, 1.82) is 0 Å². The molecule has 0 amide bonds. The summed E-state index contributed by atoms with van der Waals surface area (Å²) in [6.07, 6.45) is 4.28. The molecule has 2 rings (SSSR count). The molecular weight excluding hydrogens is 258 g/mol. The third-order valence-corrected chi connectivity index (χ3v) is 2.47. The van der Waals surface area contributed by atoms with Crippen molar-refractivity contribution in [3.05, 3.63) is 18.5 Å². The number of nitrogens with one attached hydrogen (secondary N) is 1. The highest BCUT2D eigenvalue weighted by Gasteiger charge is 2.09. The molecule has 7 heteroatoms. The van der Waals surface area contributed by atoms with Crippen molar-refractivity contribution in [3.63, 3.8) is 0 Å². The van der Waals surface area contributed by atoms with Crippen LogP contribution < -0.4 is 14.8 Å². The van der Waals surface area contributed by atoms with E-state index in [0.29, 0.717) is 24.1 Å². The van der Waals surface area contributed by atoms with Gasteiger partial charge in [0.05, 0.1) is 19.9 Å². The Morgan fingerprint density at radius 2 is 2.05 bits per heavy atom. The first-order chi connectivity index (χ1) is 9.76. The molecule has 0 bridgehead atoms. The summed E-state index contributed by atoms with van der Waals surface area (Å²) in [6, 6.07) is 2.09. The molecule has 0 atom stereocenters. The van der Waals surface area contributed by atoms with Gasteiger partial charge in [-0.05, 0) is 12.5 Å². The van der Waals surface area contributed by atoms with Gasteiger partial charge >= 0.3 is 6.01 Å². The van der Waals surface area contributed by atoms with E-state index in [1.807, 2.05) is 13.0 Å². The van der Waals surface area contributed by atoms with E-state index in [9.17, 15) is 0 Å². The van der Waals surface area contributed by atoms with Crippen LogP contribution in [-0.4, -0.2) is 40.7 Å². The SMILES string of the molecule is CCCOc1cncc(-c2nc(NC)nc(OC)n2)c1. The van der Waals surface area contributed by atoms with Crippen molar-refractivity contribution in [2.75, 3.05) is 26.1 Å². The Labute approximate surface area is 117 Å². The summed E-state index contributed by atoms with van der Waals surface area (Å²) in [4.78, 5) is 16.7. The number of anilines is 1. The van der Waals surface area contributed by atoms with Crippen LogP contribution in [0.2, 0.25) is 0 Å². The maximum Gasteiger partial charge on any atom is 0.321 e. The summed E-state index contributed by atoms with van der Waals surface area (Å²) in [5, 5.41) is 2.87. The topological polar surface area (TPSA) is 82.1 Å². The summed E-state index contributed by atoms with van der Waals surface area (Å²) >= 11 is 0. The standard InChI is InChI=1S/C13H17N5O2/c1-4-5-20-10-6-9(7-15-8-10)11-16-12(14-2)18-13(17-11)19-3/h6-8H,4-5H2,1-3H3,(H,14,16,17,18). The number of ether oxygens (including phenoxy) is 2. The largest absolute Gasteiger partial charge is 0.492 e. The lowest BCUT2D eigenvalue weighted by Gasteiger charge is -2.07. The van der Waals surface area contributed by atoms with Gasteiger partial charge in [-0.3, -0.25) is 4.98 Å². The number of hydrogen-bond donors (Lipinski definition) is 1. The van der Waals surface area contributed by atoms with E-state index in [1.165, 1.54) is 7.11 Å². The van der Waals surface area contributed by atoms with Crippen molar-refractivity contribution in [2.45, 2.75) is 13.3 Å². The van der Waals surface area contributed by atoms with Gasteiger partial charge in [-0.15, -0.1) is 0 Å². The van der Waals surface area contributed by atoms with Crippen molar-refractivity contribution in [3.8, 4) is 23.1 Å². The molecule has 0 saturated heterocycles. The molecule has 20 heavy (non-hydrogen) atoms. The van der Waals surface area contributed by atoms with Gasteiger partial charge in [0.2, 0.25) is 5.95 Å². The lowest BCUT2D eigenvalue weighted by Crippen LogP contribution is -2.03. The molecule has 106 valence electrons. The predicted octanol–water partition coefficient (Wildman–Crippen LogP) is 1.77. The van der Waals surface area contributed by atoms with E-state index in [1.54, 1.807) is 19.4 Å². The van der Waals surface area contributed by atoms with Crippen molar-refractivity contribution < 1.29 is 9.47 Å². The Morgan fingerprint density at radius 1 is 1.20 bits per heavy atom. The lowest BCUT2D eigenvalue weighted by atomic mass is 10.2. The minimum absolute atomic E-state index is 0.249. The van der Waals surface area contributed by atoms with Crippen LogP contribution in [0.5, 0.6) is 11.8 Å². The molecule has 2 aromatic heterocycles. The van der Waals surface area contributed by atoms with Crippen LogP contribution in [0.4, 0.5) is 5.95 Å². The molecule has 0 fully saturated rings. The summed E-state index contributed by atoms with van der Waals surface area (Å²) in [7, 11) is 3.25. The molecule has 0 aliphatic rings. The third kappa shape index (κ3) is 3.31. The number of rotatable bonds is 6.